The molecule has 1 N–H and O–H groups in total. The second-order valence-electron chi connectivity index (χ2n) is 5.45. The van der Waals surface area contributed by atoms with Crippen LogP contribution in [-0.4, -0.2) is 24.5 Å². The van der Waals surface area contributed by atoms with E-state index in [4.69, 9.17) is 0 Å². The van der Waals surface area contributed by atoms with Gasteiger partial charge in [-0.1, -0.05) is 57.9 Å². The van der Waals surface area contributed by atoms with Gasteiger partial charge in [-0.05, 0) is 36.6 Å². The number of carbonyl (C=O) groups excluding carboxylic acids is 1. The minimum atomic E-state index is -0.0458. The van der Waals surface area contributed by atoms with Crippen molar-refractivity contribution in [1.29, 1.82) is 0 Å². The van der Waals surface area contributed by atoms with Crippen LogP contribution in [0.2, 0.25) is 0 Å². The summed E-state index contributed by atoms with van der Waals surface area (Å²) in [6, 6.07) is 16.3. The van der Waals surface area contributed by atoms with Gasteiger partial charge >= 0.3 is 6.03 Å². The average molecular weight is 361 g/mol. The normalized spacial score (nSPS) is 10.3. The summed E-state index contributed by atoms with van der Waals surface area (Å²) in [6.45, 7) is 3.32. The van der Waals surface area contributed by atoms with Gasteiger partial charge in [-0.25, -0.2) is 4.79 Å². The van der Waals surface area contributed by atoms with Crippen molar-refractivity contribution in [3.63, 3.8) is 0 Å². The van der Waals surface area contributed by atoms with Crippen LogP contribution in [0.3, 0.4) is 0 Å². The highest BCUT2D eigenvalue weighted by Crippen LogP contribution is 2.11. The van der Waals surface area contributed by atoms with Crippen LogP contribution in [0.15, 0.2) is 53.0 Å². The lowest BCUT2D eigenvalue weighted by atomic mass is 10.1. The number of halogens is 1. The Kier molecular flexibility index (Phi) is 6.01. The number of urea groups is 1. The summed E-state index contributed by atoms with van der Waals surface area (Å²) >= 11 is 3.41. The lowest BCUT2D eigenvalue weighted by molar-refractivity contribution is 0.207. The van der Waals surface area contributed by atoms with E-state index in [9.17, 15) is 4.79 Å². The van der Waals surface area contributed by atoms with E-state index in [2.05, 4.69) is 46.4 Å². The number of nitrogens with zero attached hydrogens (tertiary/aromatic N) is 1. The maximum Gasteiger partial charge on any atom is 0.317 e. The van der Waals surface area contributed by atoms with Gasteiger partial charge in [-0.3, -0.25) is 0 Å². The lowest BCUT2D eigenvalue weighted by Gasteiger charge is -2.18. The first-order chi connectivity index (χ1) is 10.5. The van der Waals surface area contributed by atoms with Gasteiger partial charge in [0.2, 0.25) is 0 Å². The first kappa shape index (κ1) is 16.6. The van der Waals surface area contributed by atoms with E-state index in [-0.39, 0.29) is 6.03 Å². The molecule has 0 aromatic heterocycles. The van der Waals surface area contributed by atoms with E-state index in [1.54, 1.807) is 4.90 Å². The predicted octanol–water partition coefficient (Wildman–Crippen LogP) is 4.14. The van der Waals surface area contributed by atoms with Crippen LogP contribution in [0, 0.1) is 6.92 Å². The van der Waals surface area contributed by atoms with Crippen LogP contribution in [0.1, 0.15) is 16.7 Å². The molecular weight excluding hydrogens is 340 g/mol. The Morgan fingerprint density at radius 1 is 1.14 bits per heavy atom. The van der Waals surface area contributed by atoms with Crippen LogP contribution in [-0.2, 0) is 13.0 Å². The van der Waals surface area contributed by atoms with Crippen LogP contribution in [0.25, 0.3) is 0 Å². The van der Waals surface area contributed by atoms with Crippen LogP contribution < -0.4 is 5.32 Å². The molecule has 116 valence electrons. The molecule has 0 saturated heterocycles. The summed E-state index contributed by atoms with van der Waals surface area (Å²) in [5.41, 5.74) is 3.60. The quantitative estimate of drug-likeness (QED) is 0.853. The molecule has 2 aromatic carbocycles. The van der Waals surface area contributed by atoms with Gasteiger partial charge in [0.05, 0.1) is 0 Å². The monoisotopic (exact) mass is 360 g/mol. The minimum Gasteiger partial charge on any atom is -0.338 e. The molecule has 2 rings (SSSR count). The molecule has 0 spiro atoms. The van der Waals surface area contributed by atoms with Gasteiger partial charge in [0.25, 0.3) is 0 Å². The third kappa shape index (κ3) is 5.19. The highest BCUT2D eigenvalue weighted by Gasteiger charge is 2.08. The molecule has 0 heterocycles. The molecule has 0 atom stereocenters. The highest BCUT2D eigenvalue weighted by atomic mass is 79.9. The largest absolute Gasteiger partial charge is 0.338 e. The number of amides is 2. The fourth-order valence-corrected chi connectivity index (χ4v) is 2.52. The zero-order valence-electron chi connectivity index (χ0n) is 13.0. The van der Waals surface area contributed by atoms with Crippen molar-refractivity contribution in [2.75, 3.05) is 13.6 Å². The van der Waals surface area contributed by atoms with Crippen molar-refractivity contribution in [2.45, 2.75) is 19.9 Å². The Morgan fingerprint density at radius 2 is 1.86 bits per heavy atom. The topological polar surface area (TPSA) is 32.3 Å². The Labute approximate surface area is 140 Å². The molecule has 22 heavy (non-hydrogen) atoms. The minimum absolute atomic E-state index is 0.0458. The Hall–Kier alpha value is -1.81. The first-order valence-corrected chi connectivity index (χ1v) is 8.13. The second kappa shape index (κ2) is 7.99. The van der Waals surface area contributed by atoms with Gasteiger partial charge < -0.3 is 10.2 Å². The predicted molar refractivity (Wildman–Crippen MR) is 93.9 cm³/mol. The molecule has 3 nitrogen and oxygen atoms in total. The molecule has 0 aliphatic carbocycles. The van der Waals surface area contributed by atoms with E-state index in [1.165, 1.54) is 11.1 Å². The molecule has 0 bridgehead atoms. The van der Waals surface area contributed by atoms with E-state index >= 15 is 0 Å². The van der Waals surface area contributed by atoms with Crippen molar-refractivity contribution in [1.82, 2.24) is 10.2 Å². The number of rotatable bonds is 5. The Balaban J connectivity index is 1.77. The molecule has 0 radical (unpaired) electrons. The van der Waals surface area contributed by atoms with Crippen molar-refractivity contribution < 1.29 is 4.79 Å². The molecule has 0 fully saturated rings. The number of hydrogen-bond donors (Lipinski definition) is 1. The van der Waals surface area contributed by atoms with Gasteiger partial charge in [0.1, 0.15) is 0 Å². The van der Waals surface area contributed by atoms with Crippen LogP contribution in [0.5, 0.6) is 0 Å². The molecule has 2 aromatic rings. The van der Waals surface area contributed by atoms with E-state index in [1.807, 2.05) is 37.4 Å². The molecule has 0 saturated carbocycles. The smallest absolute Gasteiger partial charge is 0.317 e. The maximum atomic E-state index is 12.1. The Morgan fingerprint density at radius 3 is 2.55 bits per heavy atom. The fraction of sp³-hybridized carbons (Fsp3) is 0.278. The van der Waals surface area contributed by atoms with Crippen molar-refractivity contribution in [3.8, 4) is 0 Å². The first-order valence-electron chi connectivity index (χ1n) is 7.33. The van der Waals surface area contributed by atoms with E-state index in [0.717, 1.165) is 16.5 Å². The molecular formula is C18H21BrN2O. The summed E-state index contributed by atoms with van der Waals surface area (Å²) in [6.07, 6.45) is 0.847. The zero-order chi connectivity index (χ0) is 15.9. The third-order valence-electron chi connectivity index (χ3n) is 3.45. The van der Waals surface area contributed by atoms with Crippen molar-refractivity contribution in [3.05, 3.63) is 69.7 Å². The molecule has 0 aliphatic heterocycles. The average Bonchev–Trinajstić information content (AvgIpc) is 2.49. The summed E-state index contributed by atoms with van der Waals surface area (Å²) in [7, 11) is 1.81. The number of carbonyl (C=O) groups is 1. The van der Waals surface area contributed by atoms with Gasteiger partial charge in [0, 0.05) is 24.6 Å². The second-order valence-corrected chi connectivity index (χ2v) is 6.37. The van der Waals surface area contributed by atoms with Gasteiger partial charge in [0.15, 0.2) is 0 Å². The third-order valence-corrected chi connectivity index (χ3v) is 3.98. The van der Waals surface area contributed by atoms with E-state index in [0.29, 0.717) is 13.1 Å². The molecule has 0 unspecified atom stereocenters. The number of aryl methyl sites for hydroxylation is 1. The molecule has 0 aliphatic rings. The SMILES string of the molecule is Cc1cccc(CCNC(=O)N(C)Cc2ccc(Br)cc2)c1. The number of benzene rings is 2. The summed E-state index contributed by atoms with van der Waals surface area (Å²) in [5.74, 6) is 0. The molecule has 4 heteroatoms. The maximum absolute atomic E-state index is 12.1. The van der Waals surface area contributed by atoms with Crippen LogP contribution in [0.4, 0.5) is 4.79 Å². The van der Waals surface area contributed by atoms with Crippen LogP contribution >= 0.6 is 15.9 Å². The standard InChI is InChI=1S/C18H21BrN2O/c1-14-4-3-5-15(12-14)10-11-20-18(22)21(2)13-16-6-8-17(19)9-7-16/h3-9,12H,10-11,13H2,1-2H3,(H,20,22). The Bertz CT molecular complexity index is 625. The van der Waals surface area contributed by atoms with Gasteiger partial charge in [-0.15, -0.1) is 0 Å². The number of nitrogens with one attached hydrogen (secondary N) is 1. The van der Waals surface area contributed by atoms with E-state index < -0.39 is 0 Å². The van der Waals surface area contributed by atoms with Crippen molar-refractivity contribution in [2.24, 2.45) is 0 Å². The van der Waals surface area contributed by atoms with Crippen molar-refractivity contribution >= 4 is 22.0 Å². The number of hydrogen-bond acceptors (Lipinski definition) is 1. The van der Waals surface area contributed by atoms with Gasteiger partial charge in [-0.2, -0.15) is 0 Å². The summed E-state index contributed by atoms with van der Waals surface area (Å²) < 4.78 is 1.04. The fourth-order valence-electron chi connectivity index (χ4n) is 2.25. The molecule has 2 amide bonds. The summed E-state index contributed by atoms with van der Waals surface area (Å²) in [4.78, 5) is 13.8. The zero-order valence-corrected chi connectivity index (χ0v) is 14.6. The summed E-state index contributed by atoms with van der Waals surface area (Å²) in [5, 5.41) is 2.96. The lowest BCUT2D eigenvalue weighted by Crippen LogP contribution is -2.37. The highest BCUT2D eigenvalue weighted by molar-refractivity contribution is 9.10.